The first-order valence-corrected chi connectivity index (χ1v) is 12.0. The number of benzene rings is 1. The predicted molar refractivity (Wildman–Crippen MR) is 121 cm³/mol. The summed E-state index contributed by atoms with van der Waals surface area (Å²) in [6, 6.07) is 3.65. The Kier molecular flexibility index (Phi) is 5.15. The van der Waals surface area contributed by atoms with Gasteiger partial charge in [-0.25, -0.2) is 4.39 Å². The molecule has 0 spiro atoms. The molecule has 10 heteroatoms. The maximum atomic E-state index is 14.4. The van der Waals surface area contributed by atoms with Crippen LogP contribution in [0.2, 0.25) is 0 Å². The van der Waals surface area contributed by atoms with Crippen LogP contribution in [0.4, 0.5) is 4.39 Å². The van der Waals surface area contributed by atoms with Crippen molar-refractivity contribution in [3.63, 3.8) is 0 Å². The van der Waals surface area contributed by atoms with Gasteiger partial charge in [0.1, 0.15) is 0 Å². The number of amides is 4. The number of hydrogen-bond donors (Lipinski definition) is 1. The minimum Gasteiger partial charge on any atom is -0.505 e. The lowest BCUT2D eigenvalue weighted by Crippen LogP contribution is -2.60. The summed E-state index contributed by atoms with van der Waals surface area (Å²) >= 11 is 14.0. The van der Waals surface area contributed by atoms with Crippen molar-refractivity contribution < 1.29 is 28.7 Å². The zero-order valence-corrected chi connectivity index (χ0v) is 20.1. The third-order valence-electron chi connectivity index (χ3n) is 7.86. The summed E-state index contributed by atoms with van der Waals surface area (Å²) in [5.74, 6) is -6.47. The Hall–Kier alpha value is -2.45. The molecular weight excluding hydrogens is 486 g/mol. The molecule has 0 radical (unpaired) electrons. The molecule has 2 aliphatic heterocycles. The average molecular weight is 509 g/mol. The number of likely N-dealkylation sites (tertiary alicyclic amines) is 2. The summed E-state index contributed by atoms with van der Waals surface area (Å²) in [5, 5.41) is 9.71. The van der Waals surface area contributed by atoms with Crippen LogP contribution in [-0.4, -0.2) is 61.9 Å². The summed E-state index contributed by atoms with van der Waals surface area (Å²) in [5.41, 5.74) is 0.844. The highest BCUT2D eigenvalue weighted by atomic mass is 35.5. The maximum Gasteiger partial charge on any atom is 0.253 e. The van der Waals surface area contributed by atoms with E-state index in [1.165, 1.54) is 18.0 Å². The van der Waals surface area contributed by atoms with Gasteiger partial charge in [-0.3, -0.25) is 29.0 Å². The van der Waals surface area contributed by atoms with Crippen LogP contribution in [0.3, 0.4) is 0 Å². The van der Waals surface area contributed by atoms with E-state index in [1.807, 2.05) is 6.92 Å². The summed E-state index contributed by atoms with van der Waals surface area (Å²) in [7, 11) is 1.29. The topological polar surface area (TPSA) is 95.0 Å². The number of halogens is 3. The average Bonchev–Trinajstić information content (AvgIpc) is 3.11. The second-order valence-electron chi connectivity index (χ2n) is 9.54. The Morgan fingerprint density at radius 2 is 1.82 bits per heavy atom. The fraction of sp³-hybridized carbons (Fsp3) is 0.500. The van der Waals surface area contributed by atoms with Crippen molar-refractivity contribution >= 4 is 46.8 Å². The fourth-order valence-corrected chi connectivity index (χ4v) is 7.35. The van der Waals surface area contributed by atoms with Gasteiger partial charge in [0, 0.05) is 19.5 Å². The van der Waals surface area contributed by atoms with Crippen molar-refractivity contribution in [2.24, 2.45) is 17.8 Å². The zero-order chi connectivity index (χ0) is 24.7. The van der Waals surface area contributed by atoms with E-state index in [2.05, 4.69) is 0 Å². The SMILES string of the molecule is CCCN1C(=O)[C@H]2[C@H](CC=C3[C@H]2C[C@@]2(Cl)C(=O)N(C)C(=O)[C@@]2(Cl)[C@H]3c2ccc(O)c(F)c2)C1=O. The van der Waals surface area contributed by atoms with E-state index >= 15 is 0 Å². The Balaban J connectivity index is 1.71. The van der Waals surface area contributed by atoms with Crippen LogP contribution < -0.4 is 0 Å². The summed E-state index contributed by atoms with van der Waals surface area (Å²) < 4.78 is 14.4. The molecule has 2 saturated heterocycles. The van der Waals surface area contributed by atoms with Gasteiger partial charge < -0.3 is 5.11 Å². The van der Waals surface area contributed by atoms with Crippen LogP contribution >= 0.6 is 23.2 Å². The molecule has 4 amide bonds. The van der Waals surface area contributed by atoms with Crippen LogP contribution in [0, 0.1) is 23.6 Å². The second kappa shape index (κ2) is 7.52. The molecule has 34 heavy (non-hydrogen) atoms. The number of phenolic OH excluding ortho intramolecular Hbond substituents is 1. The van der Waals surface area contributed by atoms with Gasteiger partial charge in [-0.2, -0.15) is 0 Å². The number of hydrogen-bond acceptors (Lipinski definition) is 5. The molecule has 2 heterocycles. The molecule has 1 N–H and O–H groups in total. The number of phenols is 1. The van der Waals surface area contributed by atoms with E-state index in [0.29, 0.717) is 18.5 Å². The lowest BCUT2D eigenvalue weighted by Gasteiger charge is -2.50. The van der Waals surface area contributed by atoms with Crippen LogP contribution in [-0.2, 0) is 19.2 Å². The molecule has 1 aromatic rings. The molecule has 4 aliphatic rings. The standard InChI is InChI=1S/C24H23Cl2FN2O5/c1-3-8-29-19(31)13-6-5-12-14(17(13)20(29)32)10-23(25)21(33)28(2)22(34)24(23,26)18(12)11-4-7-16(30)15(27)9-11/h4-5,7,9,13-14,17-18,30H,3,6,8,10H2,1-2H3/t13-,14+,17-,18-,23+,24-/m0/s1. The van der Waals surface area contributed by atoms with Gasteiger partial charge in [-0.15, -0.1) is 23.2 Å². The molecule has 3 fully saturated rings. The minimum atomic E-state index is -1.96. The van der Waals surface area contributed by atoms with Crippen molar-refractivity contribution in [2.75, 3.05) is 13.6 Å². The first-order valence-electron chi connectivity index (χ1n) is 11.2. The number of carbonyl (C=O) groups is 4. The number of fused-ring (bicyclic) bond motifs is 4. The Labute approximate surface area is 205 Å². The Morgan fingerprint density at radius 1 is 1.12 bits per heavy atom. The highest BCUT2D eigenvalue weighted by Crippen LogP contribution is 2.65. The van der Waals surface area contributed by atoms with E-state index < -0.39 is 56.8 Å². The molecular formula is C24H23Cl2FN2O5. The molecule has 5 rings (SSSR count). The third kappa shape index (κ3) is 2.69. The molecule has 0 bridgehead atoms. The highest BCUT2D eigenvalue weighted by molar-refractivity contribution is 6.53. The molecule has 1 saturated carbocycles. The van der Waals surface area contributed by atoms with Crippen LogP contribution in [0.5, 0.6) is 5.75 Å². The Morgan fingerprint density at radius 3 is 2.47 bits per heavy atom. The van der Waals surface area contributed by atoms with Crippen molar-refractivity contribution in [2.45, 2.75) is 41.9 Å². The predicted octanol–water partition coefficient (Wildman–Crippen LogP) is 2.93. The van der Waals surface area contributed by atoms with Gasteiger partial charge in [0.15, 0.2) is 21.3 Å². The number of imide groups is 2. The number of alkyl halides is 2. The number of aromatic hydroxyl groups is 1. The molecule has 0 aromatic heterocycles. The van der Waals surface area contributed by atoms with E-state index in [-0.39, 0.29) is 30.2 Å². The molecule has 180 valence electrons. The summed E-state index contributed by atoms with van der Waals surface area (Å²) in [4.78, 5) is 51.3. The van der Waals surface area contributed by atoms with Gasteiger partial charge in [0.25, 0.3) is 11.8 Å². The summed E-state index contributed by atoms with van der Waals surface area (Å²) in [6.45, 7) is 2.17. The lowest BCUT2D eigenvalue weighted by atomic mass is 9.56. The van der Waals surface area contributed by atoms with Gasteiger partial charge >= 0.3 is 0 Å². The van der Waals surface area contributed by atoms with Crippen molar-refractivity contribution in [1.82, 2.24) is 9.80 Å². The van der Waals surface area contributed by atoms with E-state index in [0.717, 1.165) is 17.0 Å². The van der Waals surface area contributed by atoms with Gasteiger partial charge in [-0.1, -0.05) is 24.6 Å². The van der Waals surface area contributed by atoms with Crippen LogP contribution in [0.25, 0.3) is 0 Å². The molecule has 7 nitrogen and oxygen atoms in total. The van der Waals surface area contributed by atoms with E-state index in [1.54, 1.807) is 6.08 Å². The van der Waals surface area contributed by atoms with Crippen molar-refractivity contribution in [3.05, 3.63) is 41.2 Å². The number of carbonyl (C=O) groups excluding carboxylic acids is 4. The van der Waals surface area contributed by atoms with Gasteiger partial charge in [0.2, 0.25) is 11.8 Å². The van der Waals surface area contributed by atoms with Crippen molar-refractivity contribution in [3.8, 4) is 5.75 Å². The van der Waals surface area contributed by atoms with Gasteiger partial charge in [0.05, 0.1) is 11.8 Å². The summed E-state index contributed by atoms with van der Waals surface area (Å²) in [6.07, 6.45) is 2.56. The number of rotatable bonds is 3. The third-order valence-corrected chi connectivity index (χ3v) is 9.27. The lowest BCUT2D eigenvalue weighted by molar-refractivity contribution is -0.141. The monoisotopic (exact) mass is 508 g/mol. The van der Waals surface area contributed by atoms with Crippen LogP contribution in [0.15, 0.2) is 29.8 Å². The second-order valence-corrected chi connectivity index (χ2v) is 10.8. The normalized spacial score (nSPS) is 37.0. The first kappa shape index (κ1) is 23.3. The minimum absolute atomic E-state index is 0.101. The Bertz CT molecular complexity index is 1190. The first-order chi connectivity index (χ1) is 16.0. The highest BCUT2D eigenvalue weighted by Gasteiger charge is 2.75. The molecule has 6 atom stereocenters. The molecule has 2 aliphatic carbocycles. The van der Waals surface area contributed by atoms with Crippen LogP contribution in [0.1, 0.15) is 37.7 Å². The largest absolute Gasteiger partial charge is 0.505 e. The number of allylic oxidation sites excluding steroid dienone is 2. The maximum absolute atomic E-state index is 14.4. The van der Waals surface area contributed by atoms with Gasteiger partial charge in [-0.05, 0) is 42.9 Å². The van der Waals surface area contributed by atoms with E-state index in [9.17, 15) is 28.7 Å². The quantitative estimate of drug-likeness (QED) is 0.384. The smallest absolute Gasteiger partial charge is 0.253 e. The van der Waals surface area contributed by atoms with Crippen molar-refractivity contribution in [1.29, 1.82) is 0 Å². The molecule has 1 aromatic carbocycles. The van der Waals surface area contributed by atoms with E-state index in [4.69, 9.17) is 23.2 Å². The molecule has 0 unspecified atom stereocenters. The number of nitrogens with zero attached hydrogens (tertiary/aromatic N) is 2. The zero-order valence-electron chi connectivity index (χ0n) is 18.6. The fourth-order valence-electron chi connectivity index (χ4n) is 6.33.